The third-order valence-electron chi connectivity index (χ3n) is 6.01. The number of carboxylic acids is 1. The molecule has 0 saturated carbocycles. The molecule has 0 bridgehead atoms. The Kier molecular flexibility index (Phi) is 7.57. The van der Waals surface area contributed by atoms with E-state index in [4.69, 9.17) is 9.97 Å². The fraction of sp³-hybridized carbons (Fsp3) is 0.385. The Bertz CT molecular complexity index is 1170. The molecule has 2 aromatic heterocycles. The number of nitrogens with zero attached hydrogens (tertiary/aromatic N) is 3. The Labute approximate surface area is 203 Å². The van der Waals surface area contributed by atoms with Crippen LogP contribution in [0.1, 0.15) is 63.1 Å². The zero-order chi connectivity index (χ0) is 24.1. The lowest BCUT2D eigenvalue weighted by Crippen LogP contribution is -2.22. The molecule has 1 atom stereocenters. The smallest absolute Gasteiger partial charge is 0.304 e. The summed E-state index contributed by atoms with van der Waals surface area (Å²) < 4.78 is 0. The summed E-state index contributed by atoms with van der Waals surface area (Å²) in [6.07, 6.45) is 4.76. The highest BCUT2D eigenvalue weighted by Gasteiger charge is 2.23. The third kappa shape index (κ3) is 5.80. The second-order valence-corrected chi connectivity index (χ2v) is 9.74. The first kappa shape index (κ1) is 23.9. The summed E-state index contributed by atoms with van der Waals surface area (Å²) in [7, 11) is 3.40. The topological polar surface area (TPSA) is 95.4 Å². The Morgan fingerprint density at radius 1 is 1.15 bits per heavy atom. The molecule has 34 heavy (non-hydrogen) atoms. The molecule has 1 aromatic carbocycles. The Morgan fingerprint density at radius 3 is 2.76 bits per heavy atom. The van der Waals surface area contributed by atoms with E-state index < -0.39 is 5.97 Å². The summed E-state index contributed by atoms with van der Waals surface area (Å²) in [6.45, 7) is 0.981. The standard InChI is InChI=1S/C26H30N4O3S/c1-30(2)26(33)19-7-3-6-18(14-19)22(15-23(31)32)25-29-21(16-34-25)10-4-9-20-12-11-17-8-5-13-27-24(17)28-20/h3,6-7,11-12,14,16,22H,4-5,8-10,13,15H2,1-2H3,(H,27,28)(H,31,32). The van der Waals surface area contributed by atoms with E-state index in [1.807, 2.05) is 11.4 Å². The van der Waals surface area contributed by atoms with Crippen LogP contribution in [-0.4, -0.2) is 52.5 Å². The second-order valence-electron chi connectivity index (χ2n) is 8.85. The van der Waals surface area contributed by atoms with Gasteiger partial charge < -0.3 is 15.3 Å². The number of benzene rings is 1. The molecule has 0 fully saturated rings. The SMILES string of the molecule is CN(C)C(=O)c1cccc(C(CC(=O)O)c2nc(CCCc3ccc4c(n3)NCCC4)cs2)c1. The maximum absolute atomic E-state index is 12.4. The van der Waals surface area contributed by atoms with Crippen LogP contribution in [-0.2, 0) is 24.1 Å². The van der Waals surface area contributed by atoms with Crippen molar-refractivity contribution in [1.82, 2.24) is 14.9 Å². The van der Waals surface area contributed by atoms with Crippen LogP contribution in [0.15, 0.2) is 41.8 Å². The van der Waals surface area contributed by atoms with Crippen LogP contribution in [0.3, 0.4) is 0 Å². The van der Waals surface area contributed by atoms with Gasteiger partial charge in [-0.15, -0.1) is 11.3 Å². The number of aromatic nitrogens is 2. The third-order valence-corrected chi connectivity index (χ3v) is 7.01. The summed E-state index contributed by atoms with van der Waals surface area (Å²) >= 11 is 1.48. The maximum Gasteiger partial charge on any atom is 0.304 e. The van der Waals surface area contributed by atoms with Gasteiger partial charge in [-0.25, -0.2) is 9.97 Å². The molecular weight excluding hydrogens is 448 g/mol. The highest BCUT2D eigenvalue weighted by molar-refractivity contribution is 7.09. The minimum Gasteiger partial charge on any atom is -0.481 e. The van der Waals surface area contributed by atoms with Crippen molar-refractivity contribution in [2.75, 3.05) is 26.0 Å². The van der Waals surface area contributed by atoms with E-state index in [-0.39, 0.29) is 18.2 Å². The maximum atomic E-state index is 12.4. The number of rotatable bonds is 9. The van der Waals surface area contributed by atoms with Gasteiger partial charge in [-0.1, -0.05) is 18.2 Å². The van der Waals surface area contributed by atoms with Gasteiger partial charge in [0.2, 0.25) is 0 Å². The Balaban J connectivity index is 1.44. The number of aliphatic carboxylic acids is 1. The monoisotopic (exact) mass is 478 g/mol. The zero-order valence-corrected chi connectivity index (χ0v) is 20.4. The molecule has 1 unspecified atom stereocenters. The number of amides is 1. The van der Waals surface area contributed by atoms with Crippen molar-refractivity contribution in [1.29, 1.82) is 0 Å². The molecule has 3 heterocycles. The fourth-order valence-electron chi connectivity index (χ4n) is 4.23. The summed E-state index contributed by atoms with van der Waals surface area (Å²) in [4.78, 5) is 35.0. The quantitative estimate of drug-likeness (QED) is 0.474. The van der Waals surface area contributed by atoms with E-state index in [1.54, 1.807) is 32.3 Å². The van der Waals surface area contributed by atoms with Gasteiger partial charge in [-0.05, 0) is 61.4 Å². The van der Waals surface area contributed by atoms with Crippen molar-refractivity contribution < 1.29 is 14.7 Å². The van der Waals surface area contributed by atoms with Gasteiger partial charge in [-0.2, -0.15) is 0 Å². The molecule has 178 valence electrons. The highest BCUT2D eigenvalue weighted by atomic mass is 32.1. The average molecular weight is 479 g/mol. The molecule has 1 amide bonds. The van der Waals surface area contributed by atoms with Gasteiger partial charge in [-0.3, -0.25) is 9.59 Å². The number of hydrogen-bond donors (Lipinski definition) is 2. The van der Waals surface area contributed by atoms with Gasteiger partial charge >= 0.3 is 5.97 Å². The summed E-state index contributed by atoms with van der Waals surface area (Å²) in [5, 5.41) is 15.7. The van der Waals surface area contributed by atoms with Gasteiger partial charge in [0.15, 0.2) is 0 Å². The Morgan fingerprint density at radius 2 is 1.97 bits per heavy atom. The number of carboxylic acid groups (broad SMARTS) is 1. The van der Waals surface area contributed by atoms with Crippen LogP contribution in [0.5, 0.6) is 0 Å². The number of nitrogens with one attached hydrogen (secondary N) is 1. The van der Waals surface area contributed by atoms with Crippen molar-refractivity contribution in [3.63, 3.8) is 0 Å². The van der Waals surface area contributed by atoms with Crippen molar-refractivity contribution in [3.8, 4) is 0 Å². The number of hydrogen-bond acceptors (Lipinski definition) is 6. The highest BCUT2D eigenvalue weighted by Crippen LogP contribution is 2.31. The predicted molar refractivity (Wildman–Crippen MR) is 134 cm³/mol. The molecule has 3 aromatic rings. The number of thiazole rings is 1. The van der Waals surface area contributed by atoms with E-state index in [1.165, 1.54) is 21.8 Å². The lowest BCUT2D eigenvalue weighted by atomic mass is 9.94. The normalized spacial score (nSPS) is 13.6. The number of fused-ring (bicyclic) bond motifs is 1. The van der Waals surface area contributed by atoms with E-state index in [0.717, 1.165) is 66.4 Å². The molecule has 4 rings (SSSR count). The molecule has 8 heteroatoms. The average Bonchev–Trinajstić information content (AvgIpc) is 3.30. The minimum absolute atomic E-state index is 0.0708. The minimum atomic E-state index is -0.891. The fourth-order valence-corrected chi connectivity index (χ4v) is 5.21. The number of carbonyl (C=O) groups is 2. The number of anilines is 1. The summed E-state index contributed by atoms with van der Waals surface area (Å²) in [5.41, 5.74) is 4.67. The molecule has 0 spiro atoms. The van der Waals surface area contributed by atoms with E-state index in [9.17, 15) is 14.7 Å². The molecule has 1 aliphatic heterocycles. The molecule has 0 saturated heterocycles. The molecular formula is C26H30N4O3S. The van der Waals surface area contributed by atoms with Gasteiger partial charge in [0.25, 0.3) is 5.91 Å². The first-order valence-corrected chi connectivity index (χ1v) is 12.5. The van der Waals surface area contributed by atoms with Crippen LogP contribution < -0.4 is 5.32 Å². The van der Waals surface area contributed by atoms with E-state index >= 15 is 0 Å². The van der Waals surface area contributed by atoms with E-state index in [2.05, 4.69) is 17.4 Å². The molecule has 2 N–H and O–H groups in total. The van der Waals surface area contributed by atoms with Crippen molar-refractivity contribution >= 4 is 29.0 Å². The Hall–Kier alpha value is -3.26. The predicted octanol–water partition coefficient (Wildman–Crippen LogP) is 4.38. The van der Waals surface area contributed by atoms with Crippen LogP contribution in [0.4, 0.5) is 5.82 Å². The number of carbonyl (C=O) groups excluding carboxylic acids is 1. The van der Waals surface area contributed by atoms with Crippen LogP contribution >= 0.6 is 11.3 Å². The number of pyridine rings is 1. The summed E-state index contributed by atoms with van der Waals surface area (Å²) in [6, 6.07) is 11.5. The van der Waals surface area contributed by atoms with E-state index in [0.29, 0.717) is 5.56 Å². The zero-order valence-electron chi connectivity index (χ0n) is 19.6. The van der Waals surface area contributed by atoms with Crippen molar-refractivity contribution in [2.24, 2.45) is 0 Å². The largest absolute Gasteiger partial charge is 0.481 e. The first-order chi connectivity index (χ1) is 16.4. The molecule has 0 radical (unpaired) electrons. The van der Waals surface area contributed by atoms with Gasteiger partial charge in [0, 0.05) is 43.2 Å². The summed E-state index contributed by atoms with van der Waals surface area (Å²) in [5.74, 6) is -0.370. The number of aryl methyl sites for hydroxylation is 3. The van der Waals surface area contributed by atoms with Crippen LogP contribution in [0.25, 0.3) is 0 Å². The lowest BCUT2D eigenvalue weighted by molar-refractivity contribution is -0.137. The van der Waals surface area contributed by atoms with Crippen LogP contribution in [0.2, 0.25) is 0 Å². The molecule has 0 aliphatic carbocycles. The van der Waals surface area contributed by atoms with Gasteiger partial charge in [0.1, 0.15) is 10.8 Å². The van der Waals surface area contributed by atoms with Crippen molar-refractivity contribution in [2.45, 2.75) is 44.4 Å². The van der Waals surface area contributed by atoms with Crippen molar-refractivity contribution in [3.05, 3.63) is 74.9 Å². The van der Waals surface area contributed by atoms with Crippen LogP contribution in [0, 0.1) is 0 Å². The second kappa shape index (κ2) is 10.8. The lowest BCUT2D eigenvalue weighted by Gasteiger charge is -2.17. The van der Waals surface area contributed by atoms with Gasteiger partial charge in [0.05, 0.1) is 12.1 Å². The molecule has 7 nitrogen and oxygen atoms in total. The molecule has 1 aliphatic rings. The first-order valence-electron chi connectivity index (χ1n) is 11.6.